The molecule has 1 N–H and O–H groups in total. The van der Waals surface area contributed by atoms with Crippen LogP contribution in [-0.4, -0.2) is 39.4 Å². The van der Waals surface area contributed by atoms with Gasteiger partial charge in [0, 0.05) is 18.9 Å². The molecule has 0 bridgehead atoms. The van der Waals surface area contributed by atoms with Gasteiger partial charge in [-0.25, -0.2) is 18.1 Å². The van der Waals surface area contributed by atoms with E-state index in [0.717, 1.165) is 6.07 Å². The Labute approximate surface area is 121 Å². The molecule has 0 aliphatic heterocycles. The Hall–Kier alpha value is -0.920. The SMILES string of the molecule is CP(C)(=O)CCCNS(=O)(=O)c1ccc(C(F)(F)F)cn1. The van der Waals surface area contributed by atoms with E-state index in [1.165, 1.54) is 0 Å². The topological polar surface area (TPSA) is 76.1 Å². The predicted molar refractivity (Wildman–Crippen MR) is 73.4 cm³/mol. The second-order valence-corrected chi connectivity index (χ2v) is 10.2. The van der Waals surface area contributed by atoms with Crippen molar-refractivity contribution in [3.8, 4) is 0 Å². The monoisotopic (exact) mass is 344 g/mol. The molecule has 0 aromatic carbocycles. The summed E-state index contributed by atoms with van der Waals surface area (Å²) >= 11 is 0. The van der Waals surface area contributed by atoms with Crippen LogP contribution in [-0.2, 0) is 20.8 Å². The van der Waals surface area contributed by atoms with E-state index in [2.05, 4.69) is 9.71 Å². The molecular weight excluding hydrogens is 328 g/mol. The number of sulfonamides is 1. The highest BCUT2D eigenvalue weighted by Gasteiger charge is 2.31. The third kappa shape index (κ3) is 6.15. The van der Waals surface area contributed by atoms with Crippen molar-refractivity contribution in [1.82, 2.24) is 9.71 Å². The van der Waals surface area contributed by atoms with E-state index in [-0.39, 0.29) is 6.54 Å². The maximum Gasteiger partial charge on any atom is 0.417 e. The molecule has 1 rings (SSSR count). The zero-order valence-corrected chi connectivity index (χ0v) is 13.2. The third-order valence-electron chi connectivity index (χ3n) is 2.50. The van der Waals surface area contributed by atoms with E-state index in [0.29, 0.717) is 24.8 Å². The number of nitrogens with zero attached hydrogens (tertiary/aromatic N) is 1. The molecule has 120 valence electrons. The quantitative estimate of drug-likeness (QED) is 0.635. The molecule has 10 heteroatoms. The van der Waals surface area contributed by atoms with Gasteiger partial charge in [0.15, 0.2) is 5.03 Å². The van der Waals surface area contributed by atoms with Crippen LogP contribution in [0.1, 0.15) is 12.0 Å². The van der Waals surface area contributed by atoms with Crippen LogP contribution >= 0.6 is 7.14 Å². The highest BCUT2D eigenvalue weighted by atomic mass is 32.2. The molecule has 0 amide bonds. The fraction of sp³-hybridized carbons (Fsp3) is 0.545. The molecule has 0 aliphatic carbocycles. The van der Waals surface area contributed by atoms with Crippen molar-refractivity contribution in [3.05, 3.63) is 23.9 Å². The minimum Gasteiger partial charge on any atom is -0.324 e. The number of rotatable bonds is 6. The molecule has 1 aromatic heterocycles. The molecule has 0 atom stereocenters. The second-order valence-electron chi connectivity index (χ2n) is 4.93. The Kier molecular flexibility index (Phi) is 5.57. The Morgan fingerprint density at radius 1 is 1.29 bits per heavy atom. The number of nitrogens with one attached hydrogen (secondary N) is 1. The van der Waals surface area contributed by atoms with Crippen LogP contribution < -0.4 is 4.72 Å². The number of alkyl halides is 3. The normalized spacial score (nSPS) is 13.4. The minimum absolute atomic E-state index is 0.0523. The number of hydrogen-bond acceptors (Lipinski definition) is 4. The predicted octanol–water partition coefficient (Wildman–Crippen LogP) is 2.39. The van der Waals surface area contributed by atoms with Gasteiger partial charge in [-0.3, -0.25) is 0 Å². The lowest BCUT2D eigenvalue weighted by atomic mass is 10.3. The number of aromatic nitrogens is 1. The van der Waals surface area contributed by atoms with Crippen molar-refractivity contribution in [2.45, 2.75) is 17.6 Å². The summed E-state index contributed by atoms with van der Waals surface area (Å²) < 4.78 is 74.3. The Morgan fingerprint density at radius 3 is 2.33 bits per heavy atom. The molecule has 0 fully saturated rings. The molecule has 1 heterocycles. The van der Waals surface area contributed by atoms with E-state index >= 15 is 0 Å². The van der Waals surface area contributed by atoms with Crippen LogP contribution in [0.25, 0.3) is 0 Å². The standard InChI is InChI=1S/C11H16F3N2O3PS/c1-20(2,17)7-3-6-16-21(18,19)10-5-4-9(8-15-10)11(12,13)14/h4-5,8,16H,3,6-7H2,1-2H3. The van der Waals surface area contributed by atoms with Crippen molar-refractivity contribution in [1.29, 1.82) is 0 Å². The molecule has 0 radical (unpaired) electrons. The molecule has 21 heavy (non-hydrogen) atoms. The van der Waals surface area contributed by atoms with Gasteiger partial charge in [0.2, 0.25) is 0 Å². The van der Waals surface area contributed by atoms with Gasteiger partial charge in [0.05, 0.1) is 12.7 Å². The first-order chi connectivity index (χ1) is 9.42. The Bertz CT molecular complexity index is 623. The average molecular weight is 344 g/mol. The first kappa shape index (κ1) is 18.1. The summed E-state index contributed by atoms with van der Waals surface area (Å²) in [5.74, 6) is 0. The molecule has 0 aliphatic rings. The first-order valence-electron chi connectivity index (χ1n) is 5.99. The molecular formula is C11H16F3N2O3PS. The molecule has 0 saturated heterocycles. The summed E-state index contributed by atoms with van der Waals surface area (Å²) in [7, 11) is -6.18. The van der Waals surface area contributed by atoms with Crippen LogP contribution in [0.3, 0.4) is 0 Å². The van der Waals surface area contributed by atoms with Gasteiger partial charge in [-0.1, -0.05) is 0 Å². The summed E-state index contributed by atoms with van der Waals surface area (Å²) in [6.07, 6.45) is -3.33. The summed E-state index contributed by atoms with van der Waals surface area (Å²) in [5.41, 5.74) is -1.01. The fourth-order valence-corrected chi connectivity index (χ4v) is 3.37. The van der Waals surface area contributed by atoms with Crippen LogP contribution in [0.5, 0.6) is 0 Å². The van der Waals surface area contributed by atoms with E-state index in [1.807, 2.05) is 0 Å². The Morgan fingerprint density at radius 2 is 1.90 bits per heavy atom. The highest BCUT2D eigenvalue weighted by molar-refractivity contribution is 7.89. The highest BCUT2D eigenvalue weighted by Crippen LogP contribution is 2.36. The van der Waals surface area contributed by atoms with Gasteiger partial charge in [-0.05, 0) is 31.9 Å². The number of halogens is 3. The zero-order valence-electron chi connectivity index (χ0n) is 11.5. The maximum atomic E-state index is 12.3. The van der Waals surface area contributed by atoms with Gasteiger partial charge < -0.3 is 4.57 Å². The lowest BCUT2D eigenvalue weighted by molar-refractivity contribution is -0.137. The minimum atomic E-state index is -4.56. The largest absolute Gasteiger partial charge is 0.417 e. The lowest BCUT2D eigenvalue weighted by Gasteiger charge is -2.09. The van der Waals surface area contributed by atoms with Crippen molar-refractivity contribution in [2.75, 3.05) is 26.0 Å². The lowest BCUT2D eigenvalue weighted by Crippen LogP contribution is -2.26. The van der Waals surface area contributed by atoms with Gasteiger partial charge in [-0.2, -0.15) is 13.2 Å². The van der Waals surface area contributed by atoms with Crippen LogP contribution in [0.2, 0.25) is 0 Å². The summed E-state index contributed by atoms with van der Waals surface area (Å²) in [5, 5.41) is -0.480. The molecule has 1 aromatic rings. The third-order valence-corrected chi connectivity index (χ3v) is 5.27. The summed E-state index contributed by atoms with van der Waals surface area (Å²) in [6, 6.07) is 1.46. The van der Waals surface area contributed by atoms with E-state index in [9.17, 15) is 26.2 Å². The van der Waals surface area contributed by atoms with Gasteiger partial charge in [0.1, 0.15) is 0 Å². The van der Waals surface area contributed by atoms with Gasteiger partial charge in [-0.15, -0.1) is 0 Å². The van der Waals surface area contributed by atoms with E-state index in [4.69, 9.17) is 0 Å². The number of hydrogen-bond donors (Lipinski definition) is 1. The molecule has 0 unspecified atom stereocenters. The first-order valence-corrected chi connectivity index (χ1v) is 10.3. The number of pyridine rings is 1. The summed E-state index contributed by atoms with van der Waals surface area (Å²) in [4.78, 5) is 3.32. The molecule has 0 saturated carbocycles. The van der Waals surface area contributed by atoms with Crippen LogP contribution in [0.15, 0.2) is 23.4 Å². The molecule has 5 nitrogen and oxygen atoms in total. The van der Waals surface area contributed by atoms with E-state index < -0.39 is 33.9 Å². The van der Waals surface area contributed by atoms with Gasteiger partial charge >= 0.3 is 6.18 Å². The second kappa shape index (κ2) is 6.46. The maximum absolute atomic E-state index is 12.3. The van der Waals surface area contributed by atoms with Crippen molar-refractivity contribution in [2.24, 2.45) is 0 Å². The smallest absolute Gasteiger partial charge is 0.324 e. The van der Waals surface area contributed by atoms with Crippen LogP contribution in [0.4, 0.5) is 13.2 Å². The van der Waals surface area contributed by atoms with Crippen LogP contribution in [0, 0.1) is 0 Å². The van der Waals surface area contributed by atoms with Crippen molar-refractivity contribution < 1.29 is 26.2 Å². The average Bonchev–Trinajstić information content (AvgIpc) is 2.33. The summed E-state index contributed by atoms with van der Waals surface area (Å²) in [6.45, 7) is 3.24. The van der Waals surface area contributed by atoms with Crippen molar-refractivity contribution in [3.63, 3.8) is 0 Å². The fourth-order valence-electron chi connectivity index (χ4n) is 1.45. The zero-order chi connectivity index (χ0) is 16.3. The Balaban J connectivity index is 2.69. The van der Waals surface area contributed by atoms with Gasteiger partial charge in [0.25, 0.3) is 10.0 Å². The molecule has 0 spiro atoms. The van der Waals surface area contributed by atoms with Crippen molar-refractivity contribution >= 4 is 17.2 Å². The van der Waals surface area contributed by atoms with E-state index in [1.54, 1.807) is 13.3 Å².